The van der Waals surface area contributed by atoms with E-state index < -0.39 is 0 Å². The van der Waals surface area contributed by atoms with Crippen LogP contribution in [0.15, 0.2) is 34.9 Å². The van der Waals surface area contributed by atoms with Gasteiger partial charge in [-0.15, -0.1) is 0 Å². The van der Waals surface area contributed by atoms with Crippen molar-refractivity contribution in [2.45, 2.75) is 32.9 Å². The minimum absolute atomic E-state index is 0.157. The van der Waals surface area contributed by atoms with Crippen molar-refractivity contribution in [3.05, 3.63) is 51.8 Å². The van der Waals surface area contributed by atoms with E-state index in [9.17, 15) is 0 Å². The lowest BCUT2D eigenvalue weighted by molar-refractivity contribution is 0.534. The number of aromatic nitrogens is 2. The number of rotatable bonds is 5. The highest BCUT2D eigenvalue weighted by Gasteiger charge is 2.18. The zero-order valence-corrected chi connectivity index (χ0v) is 13.2. The summed E-state index contributed by atoms with van der Waals surface area (Å²) in [4.78, 5) is 0. The van der Waals surface area contributed by atoms with E-state index in [0.717, 1.165) is 17.4 Å². The van der Waals surface area contributed by atoms with Crippen molar-refractivity contribution in [2.24, 2.45) is 0 Å². The fourth-order valence-corrected chi connectivity index (χ4v) is 3.04. The van der Waals surface area contributed by atoms with E-state index in [1.54, 1.807) is 0 Å². The molecule has 1 aromatic heterocycles. The van der Waals surface area contributed by atoms with Gasteiger partial charge in [-0.25, -0.2) is 0 Å². The molecule has 102 valence electrons. The van der Waals surface area contributed by atoms with Crippen LogP contribution in [0.3, 0.4) is 0 Å². The van der Waals surface area contributed by atoms with Gasteiger partial charge >= 0.3 is 0 Å². The number of hydrogen-bond donors (Lipinski definition) is 1. The number of nitrogens with zero attached hydrogens (tertiary/aromatic N) is 2. The molecule has 0 saturated carbocycles. The van der Waals surface area contributed by atoms with Crippen LogP contribution in [-0.2, 0) is 6.54 Å². The fourth-order valence-electron chi connectivity index (χ4n) is 2.32. The van der Waals surface area contributed by atoms with Crippen molar-refractivity contribution < 1.29 is 0 Å². The molecule has 4 heteroatoms. The first kappa shape index (κ1) is 14.3. The van der Waals surface area contributed by atoms with Gasteiger partial charge in [-0.2, -0.15) is 5.10 Å². The molecular weight excluding hydrogens is 302 g/mol. The first-order valence-electron chi connectivity index (χ1n) is 6.62. The van der Waals surface area contributed by atoms with E-state index in [1.807, 2.05) is 13.2 Å². The summed E-state index contributed by atoms with van der Waals surface area (Å²) in [5, 5.41) is 7.80. The van der Waals surface area contributed by atoms with Gasteiger partial charge in [0.05, 0.1) is 11.7 Å². The van der Waals surface area contributed by atoms with Gasteiger partial charge in [-0.1, -0.05) is 35.0 Å². The van der Waals surface area contributed by atoms with Crippen molar-refractivity contribution in [1.82, 2.24) is 15.1 Å². The molecule has 1 N–H and O–H groups in total. The van der Waals surface area contributed by atoms with Gasteiger partial charge in [0, 0.05) is 17.2 Å². The summed E-state index contributed by atoms with van der Waals surface area (Å²) in [6, 6.07) is 8.71. The van der Waals surface area contributed by atoms with Gasteiger partial charge < -0.3 is 5.32 Å². The molecule has 0 saturated heterocycles. The molecule has 0 spiro atoms. The van der Waals surface area contributed by atoms with Crippen molar-refractivity contribution in [3.8, 4) is 0 Å². The number of halogens is 1. The third-order valence-electron chi connectivity index (χ3n) is 3.24. The van der Waals surface area contributed by atoms with Crippen molar-refractivity contribution in [2.75, 3.05) is 7.05 Å². The maximum Gasteiger partial charge on any atom is 0.0756 e. The molecule has 1 unspecified atom stereocenters. The molecular formula is C15H20BrN3. The molecule has 1 heterocycles. The molecule has 0 fully saturated rings. The van der Waals surface area contributed by atoms with E-state index >= 15 is 0 Å². The average molecular weight is 322 g/mol. The van der Waals surface area contributed by atoms with Gasteiger partial charge in [0.1, 0.15) is 0 Å². The molecule has 19 heavy (non-hydrogen) atoms. The summed E-state index contributed by atoms with van der Waals surface area (Å²) in [5.41, 5.74) is 3.70. The predicted molar refractivity (Wildman–Crippen MR) is 82.3 cm³/mol. The van der Waals surface area contributed by atoms with E-state index in [-0.39, 0.29) is 6.04 Å². The third-order valence-corrected chi connectivity index (χ3v) is 3.92. The van der Waals surface area contributed by atoms with Crippen LogP contribution in [0.4, 0.5) is 0 Å². The summed E-state index contributed by atoms with van der Waals surface area (Å²) in [5.74, 6) is 0. The summed E-state index contributed by atoms with van der Waals surface area (Å²) in [6.45, 7) is 5.22. The molecule has 2 aromatic rings. The predicted octanol–water partition coefficient (Wildman–Crippen LogP) is 3.67. The van der Waals surface area contributed by atoms with E-state index in [4.69, 9.17) is 0 Å². The number of nitrogens with one attached hydrogen (secondary N) is 1. The Hall–Kier alpha value is -1.13. The fraction of sp³-hybridized carbons (Fsp3) is 0.400. The van der Waals surface area contributed by atoms with Gasteiger partial charge in [0.2, 0.25) is 0 Å². The largest absolute Gasteiger partial charge is 0.308 e. The molecule has 2 rings (SSSR count). The van der Waals surface area contributed by atoms with Gasteiger partial charge in [0.25, 0.3) is 0 Å². The van der Waals surface area contributed by atoms with Crippen molar-refractivity contribution in [1.29, 1.82) is 0 Å². The molecule has 1 atom stereocenters. The second-order valence-corrected chi connectivity index (χ2v) is 5.58. The summed E-state index contributed by atoms with van der Waals surface area (Å²) < 4.78 is 3.21. The Labute approximate surface area is 123 Å². The SMILES string of the molecule is CCCn1nccc1C(NC)c1ccc(C)cc1Br. The van der Waals surface area contributed by atoms with E-state index in [0.29, 0.717) is 0 Å². The average Bonchev–Trinajstić information content (AvgIpc) is 2.82. The van der Waals surface area contributed by atoms with Gasteiger partial charge in [-0.05, 0) is 43.7 Å². The lowest BCUT2D eigenvalue weighted by Gasteiger charge is -2.20. The Balaban J connectivity index is 2.41. The highest BCUT2D eigenvalue weighted by Crippen LogP contribution is 2.29. The van der Waals surface area contributed by atoms with Crippen LogP contribution >= 0.6 is 15.9 Å². The monoisotopic (exact) mass is 321 g/mol. The molecule has 0 aliphatic carbocycles. The van der Waals surface area contributed by atoms with Crippen LogP contribution in [0, 0.1) is 6.92 Å². The molecule has 1 aromatic carbocycles. The quantitative estimate of drug-likeness (QED) is 0.910. The topological polar surface area (TPSA) is 29.9 Å². The lowest BCUT2D eigenvalue weighted by Crippen LogP contribution is -2.22. The van der Waals surface area contributed by atoms with Crippen LogP contribution in [-0.4, -0.2) is 16.8 Å². The van der Waals surface area contributed by atoms with Gasteiger partial charge in [-0.3, -0.25) is 4.68 Å². The lowest BCUT2D eigenvalue weighted by atomic mass is 10.0. The zero-order valence-electron chi connectivity index (χ0n) is 11.7. The van der Waals surface area contributed by atoms with Crippen LogP contribution in [0.1, 0.15) is 36.2 Å². The Morgan fingerprint density at radius 1 is 1.37 bits per heavy atom. The van der Waals surface area contributed by atoms with E-state index in [2.05, 4.69) is 69.1 Å². The molecule has 3 nitrogen and oxygen atoms in total. The molecule has 0 aliphatic rings. The highest BCUT2D eigenvalue weighted by atomic mass is 79.9. The van der Waals surface area contributed by atoms with E-state index in [1.165, 1.54) is 16.8 Å². The zero-order chi connectivity index (χ0) is 13.8. The Morgan fingerprint density at radius 2 is 2.16 bits per heavy atom. The standard InChI is InChI=1S/C15H20BrN3/c1-4-9-19-14(7-8-18-19)15(17-3)12-6-5-11(2)10-13(12)16/h5-8,10,15,17H,4,9H2,1-3H3. The minimum Gasteiger partial charge on any atom is -0.308 e. The second-order valence-electron chi connectivity index (χ2n) is 4.73. The minimum atomic E-state index is 0.157. The molecule has 0 amide bonds. The molecule has 0 aliphatic heterocycles. The maximum absolute atomic E-state index is 4.41. The first-order valence-corrected chi connectivity index (χ1v) is 7.41. The second kappa shape index (κ2) is 6.35. The van der Waals surface area contributed by atoms with Crippen LogP contribution in [0.5, 0.6) is 0 Å². The first-order chi connectivity index (χ1) is 9.17. The number of benzene rings is 1. The normalized spacial score (nSPS) is 12.6. The summed E-state index contributed by atoms with van der Waals surface area (Å²) >= 11 is 3.67. The van der Waals surface area contributed by atoms with Crippen LogP contribution < -0.4 is 5.32 Å². The Morgan fingerprint density at radius 3 is 2.79 bits per heavy atom. The maximum atomic E-state index is 4.41. The third kappa shape index (κ3) is 3.07. The van der Waals surface area contributed by atoms with Crippen molar-refractivity contribution in [3.63, 3.8) is 0 Å². The Kier molecular flexibility index (Phi) is 4.77. The van der Waals surface area contributed by atoms with Crippen LogP contribution in [0.2, 0.25) is 0 Å². The summed E-state index contributed by atoms with van der Waals surface area (Å²) in [6.07, 6.45) is 2.96. The molecule has 0 radical (unpaired) electrons. The van der Waals surface area contributed by atoms with Gasteiger partial charge in [0.15, 0.2) is 0 Å². The molecule has 0 bridgehead atoms. The number of aryl methyl sites for hydroxylation is 2. The number of hydrogen-bond acceptors (Lipinski definition) is 2. The van der Waals surface area contributed by atoms with Crippen molar-refractivity contribution >= 4 is 15.9 Å². The highest BCUT2D eigenvalue weighted by molar-refractivity contribution is 9.10. The smallest absolute Gasteiger partial charge is 0.0756 e. The summed E-state index contributed by atoms with van der Waals surface area (Å²) in [7, 11) is 1.99. The van der Waals surface area contributed by atoms with Crippen LogP contribution in [0.25, 0.3) is 0 Å². The Bertz CT molecular complexity index is 548.